The average molecular weight is 431 g/mol. The van der Waals surface area contributed by atoms with Gasteiger partial charge in [0.2, 0.25) is 5.91 Å². The normalized spacial score (nSPS) is 13.5. The van der Waals surface area contributed by atoms with E-state index >= 15 is 0 Å². The fourth-order valence-electron chi connectivity index (χ4n) is 3.88. The van der Waals surface area contributed by atoms with E-state index in [0.29, 0.717) is 34.0 Å². The second-order valence-corrected chi connectivity index (χ2v) is 7.66. The molecule has 0 spiro atoms. The molecule has 32 heavy (non-hydrogen) atoms. The minimum absolute atomic E-state index is 0.125. The number of nitrogens with two attached hydrogens (primary N) is 1. The zero-order valence-corrected chi connectivity index (χ0v) is 17.9. The number of primary amides is 1. The molecule has 2 N–H and O–H groups in total. The predicted octanol–water partition coefficient (Wildman–Crippen LogP) is 4.49. The molecule has 3 aromatic rings. The Bertz CT molecular complexity index is 1110. The molecule has 0 unspecified atom stereocenters. The molecule has 0 bridgehead atoms. The number of hydrogen-bond donors (Lipinski definition) is 1. The third-order valence-corrected chi connectivity index (χ3v) is 5.50. The third-order valence-electron chi connectivity index (χ3n) is 5.50. The highest BCUT2D eigenvalue weighted by atomic mass is 16.5. The Morgan fingerprint density at radius 1 is 0.969 bits per heavy atom. The van der Waals surface area contributed by atoms with E-state index in [1.807, 2.05) is 0 Å². The Kier molecular flexibility index (Phi) is 6.35. The molecule has 7 nitrogen and oxygen atoms in total. The van der Waals surface area contributed by atoms with E-state index in [4.69, 9.17) is 15.2 Å². The van der Waals surface area contributed by atoms with Gasteiger partial charge in [-0.1, -0.05) is 6.07 Å². The highest BCUT2D eigenvalue weighted by Crippen LogP contribution is 2.38. The van der Waals surface area contributed by atoms with Gasteiger partial charge in [0.1, 0.15) is 0 Å². The Morgan fingerprint density at radius 2 is 1.72 bits per heavy atom. The lowest BCUT2D eigenvalue weighted by molar-refractivity contribution is 0.0988. The molecule has 1 fully saturated rings. The number of methoxy groups -OCH3 is 1. The summed E-state index contributed by atoms with van der Waals surface area (Å²) in [5, 5.41) is 0. The highest BCUT2D eigenvalue weighted by Gasteiger charge is 2.24. The molecule has 1 aliphatic rings. The van der Waals surface area contributed by atoms with Crippen LogP contribution in [0.15, 0.2) is 67.0 Å². The zero-order chi connectivity index (χ0) is 22.5. The topological polar surface area (TPSA) is 94.8 Å². The molecule has 4 rings (SSSR count). The molecule has 1 heterocycles. The molecule has 0 atom stereocenters. The fraction of sp³-hybridized carbons (Fsp3) is 0.240. The average Bonchev–Trinajstić information content (AvgIpc) is 3.33. The van der Waals surface area contributed by atoms with Crippen molar-refractivity contribution in [2.45, 2.75) is 31.8 Å². The minimum atomic E-state index is -0.569. The summed E-state index contributed by atoms with van der Waals surface area (Å²) in [5.74, 6) is 0.310. The van der Waals surface area contributed by atoms with E-state index < -0.39 is 5.91 Å². The number of benzene rings is 2. The number of aromatic nitrogens is 1. The minimum Gasteiger partial charge on any atom is -0.493 e. The molecular weight excluding hydrogens is 406 g/mol. The zero-order valence-electron chi connectivity index (χ0n) is 17.9. The molecular formula is C25H25N3O4. The summed E-state index contributed by atoms with van der Waals surface area (Å²) in [6.45, 7) is 0. The largest absolute Gasteiger partial charge is 0.493 e. The van der Waals surface area contributed by atoms with Crippen molar-refractivity contribution < 1.29 is 19.1 Å². The van der Waals surface area contributed by atoms with Crippen LogP contribution < -0.4 is 20.1 Å². The molecule has 2 amide bonds. The van der Waals surface area contributed by atoms with Crippen molar-refractivity contribution in [1.29, 1.82) is 0 Å². The number of rotatable bonds is 7. The summed E-state index contributed by atoms with van der Waals surface area (Å²) >= 11 is 0. The maximum atomic E-state index is 13.5. The lowest BCUT2D eigenvalue weighted by atomic mass is 10.1. The van der Waals surface area contributed by atoms with E-state index in [9.17, 15) is 9.59 Å². The van der Waals surface area contributed by atoms with Crippen LogP contribution in [-0.4, -0.2) is 30.0 Å². The number of nitrogens with zero attached hydrogens (tertiary/aromatic N) is 2. The molecule has 164 valence electrons. The van der Waals surface area contributed by atoms with Gasteiger partial charge in [-0.15, -0.1) is 0 Å². The molecule has 1 aromatic heterocycles. The van der Waals surface area contributed by atoms with E-state index in [-0.39, 0.29) is 12.0 Å². The van der Waals surface area contributed by atoms with Crippen LogP contribution in [0.25, 0.3) is 0 Å². The molecule has 7 heteroatoms. The molecule has 0 saturated heterocycles. The van der Waals surface area contributed by atoms with Crippen molar-refractivity contribution >= 4 is 23.2 Å². The summed E-state index contributed by atoms with van der Waals surface area (Å²) < 4.78 is 11.7. The van der Waals surface area contributed by atoms with Gasteiger partial charge in [-0.2, -0.15) is 0 Å². The third kappa shape index (κ3) is 4.56. The molecule has 2 aromatic carbocycles. The van der Waals surface area contributed by atoms with E-state index in [0.717, 1.165) is 25.7 Å². The van der Waals surface area contributed by atoms with Crippen LogP contribution in [0.3, 0.4) is 0 Å². The van der Waals surface area contributed by atoms with Crippen molar-refractivity contribution in [3.8, 4) is 11.5 Å². The number of carbonyl (C=O) groups is 2. The van der Waals surface area contributed by atoms with Crippen LogP contribution in [0, 0.1) is 0 Å². The van der Waals surface area contributed by atoms with E-state index in [1.54, 1.807) is 67.9 Å². The first-order valence-electron chi connectivity index (χ1n) is 10.6. The van der Waals surface area contributed by atoms with Gasteiger partial charge in [0, 0.05) is 24.0 Å². The Morgan fingerprint density at radius 3 is 2.41 bits per heavy atom. The van der Waals surface area contributed by atoms with Crippen molar-refractivity contribution in [1.82, 2.24) is 4.98 Å². The van der Waals surface area contributed by atoms with Crippen LogP contribution in [0.2, 0.25) is 0 Å². The number of ether oxygens (including phenoxy) is 2. The van der Waals surface area contributed by atoms with Crippen LogP contribution in [0.5, 0.6) is 11.5 Å². The Hall–Kier alpha value is -3.87. The summed E-state index contributed by atoms with van der Waals surface area (Å²) in [7, 11) is 1.59. The highest BCUT2D eigenvalue weighted by molar-refractivity contribution is 6.11. The summed E-state index contributed by atoms with van der Waals surface area (Å²) in [4.78, 5) is 30.9. The first-order valence-corrected chi connectivity index (χ1v) is 10.6. The fourth-order valence-corrected chi connectivity index (χ4v) is 3.88. The SMILES string of the molecule is COc1ccc(N(C(=O)c2cccnc2)c2cccc(C(N)=O)c2)cc1OC1CCCC1. The smallest absolute Gasteiger partial charge is 0.264 e. The number of pyridine rings is 1. The van der Waals surface area contributed by atoms with Crippen LogP contribution >= 0.6 is 0 Å². The number of amides is 2. The van der Waals surface area contributed by atoms with Crippen LogP contribution in [-0.2, 0) is 0 Å². The monoisotopic (exact) mass is 431 g/mol. The summed E-state index contributed by atoms with van der Waals surface area (Å²) in [6, 6.07) is 15.4. The van der Waals surface area contributed by atoms with Crippen LogP contribution in [0.1, 0.15) is 46.4 Å². The summed E-state index contributed by atoms with van der Waals surface area (Å²) in [6.07, 6.45) is 7.50. The lowest BCUT2D eigenvalue weighted by Crippen LogP contribution is -2.26. The second-order valence-electron chi connectivity index (χ2n) is 7.66. The maximum Gasteiger partial charge on any atom is 0.264 e. The van der Waals surface area contributed by atoms with E-state index in [2.05, 4.69) is 4.98 Å². The number of hydrogen-bond acceptors (Lipinski definition) is 5. The standard InChI is InChI=1S/C25H25N3O4/c1-31-22-12-11-20(15-23(22)32-21-9-2-3-10-21)28(25(30)18-7-5-13-27-16-18)19-8-4-6-17(14-19)24(26)29/h4-8,11-16,21H,2-3,9-10H2,1H3,(H2,26,29). The van der Waals surface area contributed by atoms with Crippen molar-refractivity contribution in [3.05, 3.63) is 78.1 Å². The van der Waals surface area contributed by atoms with Gasteiger partial charge in [0.15, 0.2) is 11.5 Å². The van der Waals surface area contributed by atoms with Crippen molar-refractivity contribution in [2.24, 2.45) is 5.73 Å². The van der Waals surface area contributed by atoms with Crippen molar-refractivity contribution in [3.63, 3.8) is 0 Å². The van der Waals surface area contributed by atoms with Gasteiger partial charge in [0.05, 0.1) is 30.2 Å². The molecule has 0 radical (unpaired) electrons. The number of anilines is 2. The van der Waals surface area contributed by atoms with Gasteiger partial charge in [-0.3, -0.25) is 19.5 Å². The molecule has 1 saturated carbocycles. The van der Waals surface area contributed by atoms with Gasteiger partial charge < -0.3 is 15.2 Å². The van der Waals surface area contributed by atoms with Crippen molar-refractivity contribution in [2.75, 3.05) is 12.0 Å². The lowest BCUT2D eigenvalue weighted by Gasteiger charge is -2.25. The predicted molar refractivity (Wildman–Crippen MR) is 122 cm³/mol. The van der Waals surface area contributed by atoms with Gasteiger partial charge in [-0.25, -0.2) is 0 Å². The van der Waals surface area contributed by atoms with Crippen LogP contribution in [0.4, 0.5) is 11.4 Å². The maximum absolute atomic E-state index is 13.5. The van der Waals surface area contributed by atoms with E-state index in [1.165, 1.54) is 11.1 Å². The first kappa shape index (κ1) is 21.4. The van der Waals surface area contributed by atoms with Gasteiger partial charge in [0.25, 0.3) is 5.91 Å². The Balaban J connectivity index is 1.80. The van der Waals surface area contributed by atoms with Gasteiger partial charge in [-0.05, 0) is 68.1 Å². The molecule has 0 aliphatic heterocycles. The summed E-state index contributed by atoms with van der Waals surface area (Å²) in [5.41, 5.74) is 7.27. The number of carbonyl (C=O) groups excluding carboxylic acids is 2. The quantitative estimate of drug-likeness (QED) is 0.595. The first-order chi connectivity index (χ1) is 15.6. The molecule has 1 aliphatic carbocycles. The van der Waals surface area contributed by atoms with Gasteiger partial charge >= 0.3 is 0 Å². The second kappa shape index (κ2) is 9.51. The Labute approximate surface area is 186 Å².